The highest BCUT2D eigenvalue weighted by atomic mass is 16.6. The van der Waals surface area contributed by atoms with Gasteiger partial charge in [-0.05, 0) is 18.6 Å². The lowest BCUT2D eigenvalue weighted by Crippen LogP contribution is -2.05. The topological polar surface area (TPSA) is 86.2 Å². The SMILES string of the molecule is CC(=O)C(C)c1ccc(N)c([N+](=O)[O-])c1. The van der Waals surface area contributed by atoms with Crippen LogP contribution in [0.3, 0.4) is 0 Å². The maximum absolute atomic E-state index is 11.1. The number of rotatable bonds is 3. The molecule has 5 nitrogen and oxygen atoms in total. The van der Waals surface area contributed by atoms with Crippen LogP contribution in [0, 0.1) is 10.1 Å². The second-order valence-electron chi connectivity index (χ2n) is 3.41. The third kappa shape index (κ3) is 2.31. The van der Waals surface area contributed by atoms with Gasteiger partial charge in [-0.2, -0.15) is 0 Å². The van der Waals surface area contributed by atoms with E-state index in [0.717, 1.165) is 0 Å². The summed E-state index contributed by atoms with van der Waals surface area (Å²) in [4.78, 5) is 21.2. The quantitative estimate of drug-likeness (QED) is 0.466. The van der Waals surface area contributed by atoms with Crippen LogP contribution in [0.1, 0.15) is 25.3 Å². The minimum Gasteiger partial charge on any atom is -0.393 e. The molecule has 0 saturated carbocycles. The fourth-order valence-corrected chi connectivity index (χ4v) is 1.22. The highest BCUT2D eigenvalue weighted by molar-refractivity contribution is 5.83. The summed E-state index contributed by atoms with van der Waals surface area (Å²) in [6.45, 7) is 3.16. The number of nitro groups is 1. The number of hydrogen-bond acceptors (Lipinski definition) is 4. The number of Topliss-reactive ketones (excluding diaryl/α,β-unsaturated/α-hetero) is 1. The summed E-state index contributed by atoms with van der Waals surface area (Å²) < 4.78 is 0. The van der Waals surface area contributed by atoms with Crippen molar-refractivity contribution < 1.29 is 9.72 Å². The molecule has 0 radical (unpaired) electrons. The standard InChI is InChI=1S/C10H12N2O3/c1-6(7(2)13)8-3-4-9(11)10(5-8)12(14)15/h3-6H,11H2,1-2H3. The van der Waals surface area contributed by atoms with Crippen LogP contribution in [0.4, 0.5) is 11.4 Å². The van der Waals surface area contributed by atoms with Gasteiger partial charge in [0.25, 0.3) is 5.69 Å². The Morgan fingerprint density at radius 1 is 1.53 bits per heavy atom. The molecule has 0 saturated heterocycles. The van der Waals surface area contributed by atoms with Gasteiger partial charge >= 0.3 is 0 Å². The molecule has 2 N–H and O–H groups in total. The Labute approximate surface area is 87.0 Å². The lowest BCUT2D eigenvalue weighted by Gasteiger charge is -2.08. The first-order valence-electron chi connectivity index (χ1n) is 4.47. The van der Waals surface area contributed by atoms with Crippen molar-refractivity contribution in [2.75, 3.05) is 5.73 Å². The second-order valence-corrected chi connectivity index (χ2v) is 3.41. The number of anilines is 1. The van der Waals surface area contributed by atoms with Gasteiger partial charge in [0.2, 0.25) is 0 Å². The fourth-order valence-electron chi connectivity index (χ4n) is 1.22. The molecular weight excluding hydrogens is 196 g/mol. The molecule has 0 aliphatic heterocycles. The van der Waals surface area contributed by atoms with Crippen LogP contribution >= 0.6 is 0 Å². The maximum Gasteiger partial charge on any atom is 0.292 e. The Morgan fingerprint density at radius 2 is 2.13 bits per heavy atom. The highest BCUT2D eigenvalue weighted by Crippen LogP contribution is 2.26. The number of ketones is 1. The summed E-state index contributed by atoms with van der Waals surface area (Å²) in [5, 5.41) is 10.6. The predicted molar refractivity (Wildman–Crippen MR) is 56.6 cm³/mol. The first kappa shape index (κ1) is 11.2. The van der Waals surface area contributed by atoms with E-state index >= 15 is 0 Å². The number of hydrogen-bond donors (Lipinski definition) is 1. The molecule has 1 atom stereocenters. The van der Waals surface area contributed by atoms with Crippen molar-refractivity contribution in [1.29, 1.82) is 0 Å². The van der Waals surface area contributed by atoms with Gasteiger partial charge in [-0.3, -0.25) is 14.9 Å². The highest BCUT2D eigenvalue weighted by Gasteiger charge is 2.17. The van der Waals surface area contributed by atoms with E-state index in [1.165, 1.54) is 19.1 Å². The molecule has 80 valence electrons. The van der Waals surface area contributed by atoms with Gasteiger partial charge in [0.15, 0.2) is 0 Å². The molecule has 15 heavy (non-hydrogen) atoms. The van der Waals surface area contributed by atoms with Crippen LogP contribution in [0.2, 0.25) is 0 Å². The Balaban J connectivity index is 3.18. The van der Waals surface area contributed by atoms with Gasteiger partial charge < -0.3 is 5.73 Å². The average Bonchev–Trinajstić information content (AvgIpc) is 2.16. The van der Waals surface area contributed by atoms with Crippen molar-refractivity contribution in [2.24, 2.45) is 0 Å². The van der Waals surface area contributed by atoms with Gasteiger partial charge in [-0.1, -0.05) is 13.0 Å². The summed E-state index contributed by atoms with van der Waals surface area (Å²) in [5.74, 6) is -0.377. The van der Waals surface area contributed by atoms with Gasteiger partial charge in [0, 0.05) is 12.0 Å². The van der Waals surface area contributed by atoms with Crippen LogP contribution in [0.15, 0.2) is 18.2 Å². The van der Waals surface area contributed by atoms with Gasteiger partial charge in [0.1, 0.15) is 11.5 Å². The maximum atomic E-state index is 11.1. The van der Waals surface area contributed by atoms with Crippen molar-refractivity contribution >= 4 is 17.2 Å². The van der Waals surface area contributed by atoms with Gasteiger partial charge in [0.05, 0.1) is 4.92 Å². The van der Waals surface area contributed by atoms with Crippen LogP contribution in [0.5, 0.6) is 0 Å². The van der Waals surface area contributed by atoms with Crippen molar-refractivity contribution in [2.45, 2.75) is 19.8 Å². The number of benzene rings is 1. The molecule has 0 spiro atoms. The largest absolute Gasteiger partial charge is 0.393 e. The summed E-state index contributed by atoms with van der Waals surface area (Å²) in [7, 11) is 0. The molecule has 1 unspecified atom stereocenters. The second kappa shape index (κ2) is 4.08. The Kier molecular flexibility index (Phi) is 3.04. The van der Waals surface area contributed by atoms with E-state index in [-0.39, 0.29) is 23.1 Å². The van der Waals surface area contributed by atoms with Crippen LogP contribution in [-0.2, 0) is 4.79 Å². The van der Waals surface area contributed by atoms with Gasteiger partial charge in [-0.25, -0.2) is 0 Å². The molecule has 0 bridgehead atoms. The van der Waals surface area contributed by atoms with Crippen LogP contribution in [0.25, 0.3) is 0 Å². The molecule has 0 aromatic heterocycles. The molecule has 1 rings (SSSR count). The van der Waals surface area contributed by atoms with E-state index < -0.39 is 4.92 Å². The zero-order valence-electron chi connectivity index (χ0n) is 8.56. The number of nitrogens with two attached hydrogens (primary N) is 1. The summed E-state index contributed by atoms with van der Waals surface area (Å²) in [5.41, 5.74) is 6.01. The molecule has 5 heteroatoms. The van der Waals surface area contributed by atoms with E-state index in [1.807, 2.05) is 0 Å². The molecule has 1 aromatic rings. The number of carbonyl (C=O) groups excluding carboxylic acids is 1. The first-order valence-corrected chi connectivity index (χ1v) is 4.47. The van der Waals surface area contributed by atoms with Crippen LogP contribution < -0.4 is 5.73 Å². The molecule has 1 aromatic carbocycles. The minimum atomic E-state index is -0.550. The smallest absolute Gasteiger partial charge is 0.292 e. The number of nitrogen functional groups attached to an aromatic ring is 1. The third-order valence-electron chi connectivity index (χ3n) is 2.36. The number of carbonyl (C=O) groups is 1. The third-order valence-corrected chi connectivity index (χ3v) is 2.36. The average molecular weight is 208 g/mol. The monoisotopic (exact) mass is 208 g/mol. The lowest BCUT2D eigenvalue weighted by atomic mass is 9.97. The van der Waals surface area contributed by atoms with Crippen molar-refractivity contribution in [1.82, 2.24) is 0 Å². The normalized spacial score (nSPS) is 12.1. The molecule has 0 aliphatic rings. The van der Waals surface area contributed by atoms with E-state index in [9.17, 15) is 14.9 Å². The van der Waals surface area contributed by atoms with E-state index in [1.54, 1.807) is 13.0 Å². The molecule has 0 aliphatic carbocycles. The fraction of sp³-hybridized carbons (Fsp3) is 0.300. The zero-order valence-corrected chi connectivity index (χ0v) is 8.56. The van der Waals surface area contributed by atoms with Crippen molar-refractivity contribution in [3.8, 4) is 0 Å². The van der Waals surface area contributed by atoms with Gasteiger partial charge in [-0.15, -0.1) is 0 Å². The van der Waals surface area contributed by atoms with E-state index in [0.29, 0.717) is 5.56 Å². The molecule has 0 heterocycles. The number of nitrogens with zero attached hydrogens (tertiary/aromatic N) is 1. The van der Waals surface area contributed by atoms with Crippen LogP contribution in [-0.4, -0.2) is 10.7 Å². The van der Waals surface area contributed by atoms with Crippen molar-refractivity contribution in [3.05, 3.63) is 33.9 Å². The minimum absolute atomic E-state index is 0.0333. The van der Waals surface area contributed by atoms with E-state index in [2.05, 4.69) is 0 Å². The zero-order chi connectivity index (χ0) is 11.6. The number of nitro benzene ring substituents is 1. The Morgan fingerprint density at radius 3 is 2.60 bits per heavy atom. The predicted octanol–water partition coefficient (Wildman–Crippen LogP) is 1.87. The molecule has 0 fully saturated rings. The molecule has 0 amide bonds. The first-order chi connectivity index (χ1) is 6.93. The summed E-state index contributed by atoms with van der Waals surface area (Å²) in [6.07, 6.45) is 0. The van der Waals surface area contributed by atoms with Crippen molar-refractivity contribution in [3.63, 3.8) is 0 Å². The Bertz CT molecular complexity index is 415. The molecular formula is C10H12N2O3. The summed E-state index contributed by atoms with van der Waals surface area (Å²) >= 11 is 0. The van der Waals surface area contributed by atoms with E-state index in [4.69, 9.17) is 5.73 Å². The lowest BCUT2D eigenvalue weighted by molar-refractivity contribution is -0.384. The summed E-state index contributed by atoms with van der Waals surface area (Å²) in [6, 6.07) is 4.43. The Hall–Kier alpha value is -1.91.